The zero-order valence-electron chi connectivity index (χ0n) is 14.8. The van der Waals surface area contributed by atoms with Gasteiger partial charge in [-0.15, -0.1) is 0 Å². The van der Waals surface area contributed by atoms with Gasteiger partial charge in [-0.3, -0.25) is 14.5 Å². The summed E-state index contributed by atoms with van der Waals surface area (Å²) < 4.78 is 0. The van der Waals surface area contributed by atoms with Gasteiger partial charge in [0.1, 0.15) is 0 Å². The molecule has 142 valence electrons. The number of halogens is 2. The normalized spacial score (nSPS) is 20.3. The van der Waals surface area contributed by atoms with Crippen molar-refractivity contribution in [1.82, 2.24) is 9.80 Å². The average Bonchev–Trinajstić information content (AvgIpc) is 2.65. The van der Waals surface area contributed by atoms with E-state index < -0.39 is 0 Å². The Morgan fingerprint density at radius 2 is 1.58 bits per heavy atom. The first-order valence-corrected chi connectivity index (χ1v) is 9.94. The molecule has 5 nitrogen and oxygen atoms in total. The van der Waals surface area contributed by atoms with Crippen LogP contribution in [0.4, 0.5) is 0 Å². The lowest BCUT2D eigenvalue weighted by molar-refractivity contribution is -0.140. The summed E-state index contributed by atoms with van der Waals surface area (Å²) in [7, 11) is 0. The summed E-state index contributed by atoms with van der Waals surface area (Å²) >= 11 is 12.0. The van der Waals surface area contributed by atoms with E-state index in [9.17, 15) is 9.59 Å². The zero-order valence-corrected chi connectivity index (χ0v) is 16.3. The van der Waals surface area contributed by atoms with Crippen LogP contribution >= 0.6 is 23.2 Å². The molecule has 0 saturated carbocycles. The lowest BCUT2D eigenvalue weighted by Crippen LogP contribution is -2.46. The van der Waals surface area contributed by atoms with Crippen molar-refractivity contribution in [3.63, 3.8) is 0 Å². The number of carbonyl (C=O) groups is 2. The minimum Gasteiger partial charge on any atom is -0.369 e. The van der Waals surface area contributed by atoms with E-state index in [1.807, 2.05) is 23.1 Å². The predicted octanol–water partition coefficient (Wildman–Crippen LogP) is 2.93. The number of hydrogen-bond donors (Lipinski definition) is 1. The maximum Gasteiger partial charge on any atom is 0.225 e. The number of rotatable bonds is 4. The molecule has 2 amide bonds. The van der Waals surface area contributed by atoms with E-state index in [1.165, 1.54) is 0 Å². The van der Waals surface area contributed by atoms with Crippen LogP contribution < -0.4 is 5.73 Å². The van der Waals surface area contributed by atoms with Gasteiger partial charge in [0.2, 0.25) is 11.8 Å². The van der Waals surface area contributed by atoms with Crippen molar-refractivity contribution < 1.29 is 9.59 Å². The van der Waals surface area contributed by atoms with Gasteiger partial charge < -0.3 is 10.6 Å². The van der Waals surface area contributed by atoms with Gasteiger partial charge in [-0.05, 0) is 56.5 Å². The number of carbonyl (C=O) groups excluding carboxylic acids is 2. The molecule has 2 saturated heterocycles. The third-order valence-corrected chi connectivity index (χ3v) is 6.28. The fraction of sp³-hybridized carbons (Fsp3) is 0.579. The Morgan fingerprint density at radius 1 is 0.962 bits per heavy atom. The van der Waals surface area contributed by atoms with Crippen molar-refractivity contribution in [3.8, 4) is 0 Å². The molecule has 2 aliphatic rings. The summed E-state index contributed by atoms with van der Waals surface area (Å²) in [5, 5.41) is 1.15. The molecule has 0 aliphatic carbocycles. The van der Waals surface area contributed by atoms with Crippen LogP contribution in [-0.4, -0.2) is 47.8 Å². The molecule has 1 aromatic rings. The minimum absolute atomic E-state index is 0.0768. The quantitative estimate of drug-likeness (QED) is 0.848. The van der Waals surface area contributed by atoms with E-state index in [0.29, 0.717) is 36.0 Å². The highest BCUT2D eigenvalue weighted by Crippen LogP contribution is 2.26. The van der Waals surface area contributed by atoms with E-state index in [0.717, 1.165) is 38.0 Å². The Morgan fingerprint density at radius 3 is 2.15 bits per heavy atom. The molecule has 0 bridgehead atoms. The molecular formula is C19H25Cl2N3O2. The molecule has 2 aliphatic heterocycles. The summed E-state index contributed by atoms with van der Waals surface area (Å²) in [6.45, 7) is 3.91. The number of piperidine rings is 2. The number of nitrogens with two attached hydrogens (primary N) is 1. The van der Waals surface area contributed by atoms with Crippen LogP contribution in [0.5, 0.6) is 0 Å². The molecule has 26 heavy (non-hydrogen) atoms. The molecular weight excluding hydrogens is 373 g/mol. The number of amides is 2. The van der Waals surface area contributed by atoms with E-state index >= 15 is 0 Å². The second-order valence-corrected chi connectivity index (χ2v) is 8.12. The zero-order chi connectivity index (χ0) is 18.7. The van der Waals surface area contributed by atoms with Crippen LogP contribution in [-0.2, 0) is 16.1 Å². The minimum atomic E-state index is -0.243. The Kier molecular flexibility index (Phi) is 6.43. The van der Waals surface area contributed by atoms with Crippen LogP contribution in [0.3, 0.4) is 0 Å². The summed E-state index contributed by atoms with van der Waals surface area (Å²) in [6, 6.07) is 5.73. The smallest absolute Gasteiger partial charge is 0.225 e. The monoisotopic (exact) mass is 397 g/mol. The third-order valence-electron chi connectivity index (χ3n) is 5.54. The first kappa shape index (κ1) is 19.5. The van der Waals surface area contributed by atoms with Crippen molar-refractivity contribution in [2.24, 2.45) is 17.6 Å². The maximum absolute atomic E-state index is 12.7. The molecule has 2 fully saturated rings. The molecule has 7 heteroatoms. The number of primary amides is 1. The van der Waals surface area contributed by atoms with Gasteiger partial charge in [0.05, 0.1) is 10.0 Å². The summed E-state index contributed by atoms with van der Waals surface area (Å²) in [4.78, 5) is 28.3. The topological polar surface area (TPSA) is 66.6 Å². The summed E-state index contributed by atoms with van der Waals surface area (Å²) in [5.74, 6) is 0.00657. The second kappa shape index (κ2) is 8.59. The van der Waals surface area contributed by atoms with Crippen LogP contribution in [0, 0.1) is 11.8 Å². The predicted molar refractivity (Wildman–Crippen MR) is 103 cm³/mol. The molecule has 0 atom stereocenters. The Balaban J connectivity index is 1.46. The molecule has 0 unspecified atom stereocenters. The van der Waals surface area contributed by atoms with E-state index in [1.54, 1.807) is 0 Å². The lowest BCUT2D eigenvalue weighted by Gasteiger charge is -2.36. The van der Waals surface area contributed by atoms with Crippen LogP contribution in [0.1, 0.15) is 31.2 Å². The maximum atomic E-state index is 12.7. The Bertz CT molecular complexity index is 667. The van der Waals surface area contributed by atoms with Gasteiger partial charge in [0.25, 0.3) is 0 Å². The number of hydrogen-bond acceptors (Lipinski definition) is 3. The molecule has 1 aromatic carbocycles. The molecule has 2 N–H and O–H groups in total. The average molecular weight is 398 g/mol. The fourth-order valence-corrected chi connectivity index (χ4v) is 4.20. The van der Waals surface area contributed by atoms with Crippen LogP contribution in [0.2, 0.25) is 10.0 Å². The molecule has 0 aromatic heterocycles. The van der Waals surface area contributed by atoms with Gasteiger partial charge in [-0.1, -0.05) is 29.3 Å². The highest BCUT2D eigenvalue weighted by atomic mass is 35.5. The highest BCUT2D eigenvalue weighted by Gasteiger charge is 2.32. The van der Waals surface area contributed by atoms with Crippen LogP contribution in [0.15, 0.2) is 18.2 Å². The molecule has 0 spiro atoms. The number of nitrogens with zero attached hydrogens (tertiary/aromatic N) is 2. The number of likely N-dealkylation sites (tertiary alicyclic amines) is 2. The van der Waals surface area contributed by atoms with Gasteiger partial charge >= 0.3 is 0 Å². The molecule has 0 radical (unpaired) electrons. The highest BCUT2D eigenvalue weighted by molar-refractivity contribution is 6.42. The largest absolute Gasteiger partial charge is 0.369 e. The molecule has 3 rings (SSSR count). The lowest BCUT2D eigenvalue weighted by atomic mass is 9.91. The van der Waals surface area contributed by atoms with Crippen molar-refractivity contribution in [3.05, 3.63) is 33.8 Å². The van der Waals surface area contributed by atoms with E-state index in [2.05, 4.69) is 4.90 Å². The van der Waals surface area contributed by atoms with Gasteiger partial charge in [0, 0.05) is 31.5 Å². The first-order valence-electron chi connectivity index (χ1n) is 9.18. The van der Waals surface area contributed by atoms with Crippen molar-refractivity contribution in [2.45, 2.75) is 32.2 Å². The van der Waals surface area contributed by atoms with Crippen molar-refractivity contribution in [1.29, 1.82) is 0 Å². The molecule has 2 heterocycles. The SMILES string of the molecule is NC(=O)C1CCN(C(=O)C2CCN(Cc3ccc(Cl)c(Cl)c3)CC2)CC1. The standard InChI is InChI=1S/C19H25Cl2N3O2/c20-16-2-1-13(11-17(16)21)12-23-7-3-15(4-8-23)19(26)24-9-5-14(6-10-24)18(22)25/h1-2,11,14-15H,3-10,12H2,(H2,22,25). The van der Waals surface area contributed by atoms with E-state index in [-0.39, 0.29) is 23.7 Å². The van der Waals surface area contributed by atoms with Gasteiger partial charge in [0.15, 0.2) is 0 Å². The van der Waals surface area contributed by atoms with Crippen molar-refractivity contribution in [2.75, 3.05) is 26.2 Å². The van der Waals surface area contributed by atoms with Crippen molar-refractivity contribution >= 4 is 35.0 Å². The Labute approximate surface area is 164 Å². The third kappa shape index (κ3) is 4.70. The Hall–Kier alpha value is -1.30. The van der Waals surface area contributed by atoms with Gasteiger partial charge in [-0.2, -0.15) is 0 Å². The summed E-state index contributed by atoms with van der Waals surface area (Å²) in [6.07, 6.45) is 3.13. The second-order valence-electron chi connectivity index (χ2n) is 7.30. The number of benzene rings is 1. The first-order chi connectivity index (χ1) is 12.4. The van der Waals surface area contributed by atoms with Gasteiger partial charge in [-0.25, -0.2) is 0 Å². The summed E-state index contributed by atoms with van der Waals surface area (Å²) in [5.41, 5.74) is 6.50. The van der Waals surface area contributed by atoms with Crippen LogP contribution in [0.25, 0.3) is 0 Å². The van der Waals surface area contributed by atoms with E-state index in [4.69, 9.17) is 28.9 Å². The fourth-order valence-electron chi connectivity index (χ4n) is 3.88.